The Bertz CT molecular complexity index is 466. The van der Waals surface area contributed by atoms with Gasteiger partial charge < -0.3 is 10.5 Å². The number of sulfonamides is 1. The lowest BCUT2D eigenvalue weighted by atomic mass is 9.94. The van der Waals surface area contributed by atoms with Crippen LogP contribution in [0.4, 0.5) is 0 Å². The molecule has 3 N–H and O–H groups in total. The number of rotatable bonds is 7. The highest BCUT2D eigenvalue weighted by molar-refractivity contribution is 8.06. The smallest absolute Gasteiger partial charge is 0.226 e. The van der Waals surface area contributed by atoms with Crippen LogP contribution in [0, 0.1) is 0 Å². The summed E-state index contributed by atoms with van der Waals surface area (Å²) in [6.45, 7) is 0.323. The van der Waals surface area contributed by atoms with Crippen molar-refractivity contribution < 1.29 is 21.6 Å². The predicted octanol–water partition coefficient (Wildman–Crippen LogP) is -0.806. The first kappa shape index (κ1) is 16.8. The number of nitrogens with two attached hydrogens (primary N) is 1. The standard InChI is InChI=1S/C10H22N2O5S2/c1-18(13,14)8-19(15,16)12-6-7-17-10-4-2-9(11)3-5-10/h9-10,12H,2-8,11H2,1H3. The van der Waals surface area contributed by atoms with E-state index in [0.717, 1.165) is 31.9 Å². The van der Waals surface area contributed by atoms with Gasteiger partial charge in [-0.2, -0.15) is 0 Å². The van der Waals surface area contributed by atoms with Gasteiger partial charge in [0.15, 0.2) is 14.9 Å². The van der Waals surface area contributed by atoms with E-state index in [-0.39, 0.29) is 25.3 Å². The highest BCUT2D eigenvalue weighted by atomic mass is 32.3. The molecule has 9 heteroatoms. The van der Waals surface area contributed by atoms with Gasteiger partial charge in [-0.1, -0.05) is 0 Å². The van der Waals surface area contributed by atoms with Crippen LogP contribution in [0.1, 0.15) is 25.7 Å². The molecule has 7 nitrogen and oxygen atoms in total. The van der Waals surface area contributed by atoms with E-state index in [9.17, 15) is 16.8 Å². The average Bonchev–Trinajstić information content (AvgIpc) is 2.23. The Hall–Kier alpha value is -0.220. The maximum atomic E-state index is 11.4. The van der Waals surface area contributed by atoms with Crippen molar-refractivity contribution in [3.63, 3.8) is 0 Å². The maximum Gasteiger partial charge on any atom is 0.226 e. The number of sulfone groups is 1. The van der Waals surface area contributed by atoms with E-state index in [1.165, 1.54) is 0 Å². The molecule has 0 aliphatic heterocycles. The van der Waals surface area contributed by atoms with Crippen molar-refractivity contribution in [2.75, 3.05) is 24.5 Å². The third kappa shape index (κ3) is 7.83. The lowest BCUT2D eigenvalue weighted by Gasteiger charge is -2.26. The van der Waals surface area contributed by atoms with Crippen molar-refractivity contribution in [1.82, 2.24) is 4.72 Å². The van der Waals surface area contributed by atoms with E-state index in [0.29, 0.717) is 0 Å². The number of nitrogens with one attached hydrogen (secondary N) is 1. The second-order valence-electron chi connectivity index (χ2n) is 4.96. The minimum Gasteiger partial charge on any atom is -0.377 e. The van der Waals surface area contributed by atoms with Gasteiger partial charge in [-0.3, -0.25) is 0 Å². The molecule has 0 atom stereocenters. The fourth-order valence-electron chi connectivity index (χ4n) is 2.00. The van der Waals surface area contributed by atoms with Crippen molar-refractivity contribution >= 4 is 19.9 Å². The largest absolute Gasteiger partial charge is 0.377 e. The van der Waals surface area contributed by atoms with Crippen molar-refractivity contribution in [2.24, 2.45) is 5.73 Å². The Labute approximate surface area is 114 Å². The molecule has 0 aromatic heterocycles. The molecule has 1 fully saturated rings. The summed E-state index contributed by atoms with van der Waals surface area (Å²) in [6.07, 6.45) is 4.62. The quantitative estimate of drug-likeness (QED) is 0.594. The second kappa shape index (κ2) is 6.98. The van der Waals surface area contributed by atoms with Crippen LogP contribution >= 0.6 is 0 Å². The molecule has 0 aromatic carbocycles. The first-order chi connectivity index (χ1) is 8.68. The summed E-state index contributed by atoms with van der Waals surface area (Å²) in [5.41, 5.74) is 5.76. The van der Waals surface area contributed by atoms with Crippen molar-refractivity contribution in [3.8, 4) is 0 Å². The molecule has 19 heavy (non-hydrogen) atoms. The van der Waals surface area contributed by atoms with E-state index in [4.69, 9.17) is 10.5 Å². The molecule has 0 unspecified atom stereocenters. The lowest BCUT2D eigenvalue weighted by Crippen LogP contribution is -2.34. The van der Waals surface area contributed by atoms with Crippen LogP contribution in [0.15, 0.2) is 0 Å². The number of hydrogen-bond acceptors (Lipinski definition) is 6. The molecule has 114 valence electrons. The van der Waals surface area contributed by atoms with Crippen molar-refractivity contribution in [1.29, 1.82) is 0 Å². The van der Waals surface area contributed by atoms with Gasteiger partial charge in [-0.05, 0) is 25.7 Å². The summed E-state index contributed by atoms with van der Waals surface area (Å²) in [5, 5.41) is -0.891. The monoisotopic (exact) mass is 314 g/mol. The molecule has 1 aliphatic rings. The minimum absolute atomic E-state index is 0.0837. The molecule has 1 saturated carbocycles. The molecule has 0 spiro atoms. The van der Waals surface area contributed by atoms with Gasteiger partial charge in [-0.25, -0.2) is 21.6 Å². The summed E-state index contributed by atoms with van der Waals surface area (Å²) >= 11 is 0. The third-order valence-electron chi connectivity index (χ3n) is 2.87. The Kier molecular flexibility index (Phi) is 6.18. The third-order valence-corrected chi connectivity index (χ3v) is 6.46. The lowest BCUT2D eigenvalue weighted by molar-refractivity contribution is 0.0287. The van der Waals surface area contributed by atoms with Crippen LogP contribution in [0.3, 0.4) is 0 Å². The number of hydrogen-bond donors (Lipinski definition) is 2. The molecule has 0 bridgehead atoms. The van der Waals surface area contributed by atoms with Gasteiger partial charge in [0.25, 0.3) is 0 Å². The van der Waals surface area contributed by atoms with Gasteiger partial charge >= 0.3 is 0 Å². The van der Waals surface area contributed by atoms with Gasteiger partial charge in [0.05, 0.1) is 12.7 Å². The van der Waals surface area contributed by atoms with Crippen LogP contribution in [0.5, 0.6) is 0 Å². The van der Waals surface area contributed by atoms with Crippen LogP contribution in [0.25, 0.3) is 0 Å². The van der Waals surface area contributed by atoms with E-state index in [1.54, 1.807) is 0 Å². The summed E-state index contributed by atoms with van der Waals surface area (Å²) in [4.78, 5) is 0. The van der Waals surface area contributed by atoms with E-state index in [1.807, 2.05) is 0 Å². The summed E-state index contributed by atoms with van der Waals surface area (Å²) in [6, 6.07) is 0.244. The maximum absolute atomic E-state index is 11.4. The molecule has 0 amide bonds. The number of ether oxygens (including phenoxy) is 1. The highest BCUT2D eigenvalue weighted by Crippen LogP contribution is 2.19. The minimum atomic E-state index is -3.79. The van der Waals surface area contributed by atoms with Crippen LogP contribution in [-0.4, -0.2) is 53.5 Å². The zero-order chi connectivity index (χ0) is 14.5. The molecule has 1 rings (SSSR count). The van der Waals surface area contributed by atoms with Gasteiger partial charge in [0.1, 0.15) is 0 Å². The van der Waals surface area contributed by atoms with Crippen molar-refractivity contribution in [2.45, 2.75) is 37.8 Å². The van der Waals surface area contributed by atoms with Gasteiger partial charge in [0, 0.05) is 18.8 Å². The van der Waals surface area contributed by atoms with E-state index in [2.05, 4.69) is 4.72 Å². The Balaban J connectivity index is 2.20. The first-order valence-electron chi connectivity index (χ1n) is 6.20. The van der Waals surface area contributed by atoms with Crippen LogP contribution in [-0.2, 0) is 24.6 Å². The zero-order valence-electron chi connectivity index (χ0n) is 11.0. The predicted molar refractivity (Wildman–Crippen MR) is 72.8 cm³/mol. The summed E-state index contributed by atoms with van der Waals surface area (Å²) < 4.78 is 52.3. The van der Waals surface area contributed by atoms with Gasteiger partial charge in [-0.15, -0.1) is 0 Å². The zero-order valence-corrected chi connectivity index (χ0v) is 12.7. The van der Waals surface area contributed by atoms with E-state index >= 15 is 0 Å². The molecule has 0 aromatic rings. The Morgan fingerprint density at radius 3 is 2.26 bits per heavy atom. The summed E-state index contributed by atoms with van der Waals surface area (Å²) in [5.74, 6) is 0. The molecular formula is C10H22N2O5S2. The first-order valence-corrected chi connectivity index (χ1v) is 9.91. The normalized spacial score (nSPS) is 25.4. The fraction of sp³-hybridized carbons (Fsp3) is 1.00. The van der Waals surface area contributed by atoms with Crippen molar-refractivity contribution in [3.05, 3.63) is 0 Å². The van der Waals surface area contributed by atoms with Crippen LogP contribution < -0.4 is 10.5 Å². The summed E-state index contributed by atoms with van der Waals surface area (Å²) in [7, 11) is -7.34. The topological polar surface area (TPSA) is 116 Å². The Morgan fingerprint density at radius 1 is 1.16 bits per heavy atom. The van der Waals surface area contributed by atoms with E-state index < -0.39 is 24.9 Å². The fourth-order valence-corrected chi connectivity index (χ4v) is 4.98. The van der Waals surface area contributed by atoms with Crippen LogP contribution in [0.2, 0.25) is 0 Å². The molecule has 0 saturated heterocycles. The Morgan fingerprint density at radius 2 is 1.74 bits per heavy atom. The molecular weight excluding hydrogens is 292 g/mol. The van der Waals surface area contributed by atoms with Gasteiger partial charge in [0.2, 0.25) is 10.0 Å². The second-order valence-corrected chi connectivity index (χ2v) is 9.27. The molecule has 0 radical (unpaired) electrons. The highest BCUT2D eigenvalue weighted by Gasteiger charge is 2.20. The average molecular weight is 314 g/mol. The molecule has 0 heterocycles. The SMILES string of the molecule is CS(=O)(=O)CS(=O)(=O)NCCOC1CCC(N)CC1. The molecule has 1 aliphatic carbocycles.